The highest BCUT2D eigenvalue weighted by molar-refractivity contribution is 5.77. The van der Waals surface area contributed by atoms with Crippen molar-refractivity contribution in [1.82, 2.24) is 14.9 Å². The van der Waals surface area contributed by atoms with Crippen LogP contribution in [0.2, 0.25) is 0 Å². The van der Waals surface area contributed by atoms with Gasteiger partial charge in [0.1, 0.15) is 0 Å². The first-order valence-corrected chi connectivity index (χ1v) is 7.37. The van der Waals surface area contributed by atoms with Gasteiger partial charge in [0, 0.05) is 31.9 Å². The Morgan fingerprint density at radius 1 is 1.48 bits per heavy atom. The SMILES string of the molecule is Cn1ccnc1C(O)(CC(=O)NCC1CCCC1O)C(F)(F)F. The molecule has 1 aliphatic carbocycles. The van der Waals surface area contributed by atoms with Gasteiger partial charge in [-0.15, -0.1) is 0 Å². The lowest BCUT2D eigenvalue weighted by molar-refractivity contribution is -0.271. The Labute approximate surface area is 131 Å². The van der Waals surface area contributed by atoms with Crippen LogP contribution in [0, 0.1) is 5.92 Å². The van der Waals surface area contributed by atoms with Crippen molar-refractivity contribution < 1.29 is 28.2 Å². The molecule has 1 aromatic heterocycles. The van der Waals surface area contributed by atoms with Gasteiger partial charge in [0.15, 0.2) is 5.82 Å². The number of alkyl halides is 3. The summed E-state index contributed by atoms with van der Waals surface area (Å²) < 4.78 is 40.9. The third-order valence-electron chi connectivity index (χ3n) is 4.26. The summed E-state index contributed by atoms with van der Waals surface area (Å²) in [7, 11) is 1.31. The summed E-state index contributed by atoms with van der Waals surface area (Å²) in [5, 5.41) is 22.1. The Bertz CT molecular complexity index is 561. The molecule has 9 heteroatoms. The molecule has 0 bridgehead atoms. The maximum absolute atomic E-state index is 13.3. The van der Waals surface area contributed by atoms with E-state index in [1.54, 1.807) is 0 Å². The van der Waals surface area contributed by atoms with Gasteiger partial charge in [-0.05, 0) is 12.8 Å². The van der Waals surface area contributed by atoms with E-state index in [2.05, 4.69) is 10.3 Å². The molecule has 0 spiro atoms. The van der Waals surface area contributed by atoms with E-state index < -0.39 is 36.0 Å². The summed E-state index contributed by atoms with van der Waals surface area (Å²) in [6.45, 7) is 0.0918. The zero-order valence-electron chi connectivity index (χ0n) is 12.7. The van der Waals surface area contributed by atoms with E-state index in [1.165, 1.54) is 13.2 Å². The van der Waals surface area contributed by atoms with Gasteiger partial charge in [-0.2, -0.15) is 13.2 Å². The first-order valence-electron chi connectivity index (χ1n) is 7.37. The lowest BCUT2D eigenvalue weighted by atomic mass is 9.96. The van der Waals surface area contributed by atoms with Gasteiger partial charge < -0.3 is 20.1 Å². The fourth-order valence-electron chi connectivity index (χ4n) is 2.87. The van der Waals surface area contributed by atoms with Crippen LogP contribution >= 0.6 is 0 Å². The second-order valence-corrected chi connectivity index (χ2v) is 5.96. The Hall–Kier alpha value is -1.61. The molecule has 0 aliphatic heterocycles. The van der Waals surface area contributed by atoms with E-state index in [4.69, 9.17) is 0 Å². The monoisotopic (exact) mass is 335 g/mol. The lowest BCUT2D eigenvalue weighted by Crippen LogP contribution is -2.48. The van der Waals surface area contributed by atoms with Crippen LogP contribution < -0.4 is 5.32 Å². The molecule has 2 rings (SSSR count). The molecule has 1 aliphatic rings. The summed E-state index contributed by atoms with van der Waals surface area (Å²) in [6, 6.07) is 0. The normalized spacial score (nSPS) is 24.4. The molecule has 1 aromatic rings. The molecule has 1 fully saturated rings. The van der Waals surface area contributed by atoms with Crippen molar-refractivity contribution in [3.63, 3.8) is 0 Å². The summed E-state index contributed by atoms with van der Waals surface area (Å²) in [5.74, 6) is -1.74. The van der Waals surface area contributed by atoms with Crippen LogP contribution in [0.4, 0.5) is 13.2 Å². The number of halogens is 3. The average Bonchev–Trinajstić information content (AvgIpc) is 3.04. The molecule has 1 saturated carbocycles. The minimum atomic E-state index is -5.05. The number of hydrogen-bond donors (Lipinski definition) is 3. The van der Waals surface area contributed by atoms with Gasteiger partial charge >= 0.3 is 6.18 Å². The molecule has 0 radical (unpaired) electrons. The number of amides is 1. The van der Waals surface area contributed by atoms with E-state index in [0.717, 1.165) is 17.2 Å². The van der Waals surface area contributed by atoms with Crippen LogP contribution in [0.5, 0.6) is 0 Å². The Kier molecular flexibility index (Phi) is 5.00. The van der Waals surface area contributed by atoms with E-state index in [9.17, 15) is 28.2 Å². The average molecular weight is 335 g/mol. The minimum absolute atomic E-state index is 0.0918. The molecular weight excluding hydrogens is 315 g/mol. The molecule has 3 unspecified atom stereocenters. The zero-order valence-corrected chi connectivity index (χ0v) is 12.7. The standard InChI is InChI=1S/C14H20F3N3O3/c1-20-6-5-18-12(20)13(23,14(15,16)17)7-11(22)19-8-9-3-2-4-10(9)21/h5-6,9-10,21,23H,2-4,7-8H2,1H3,(H,19,22). The second kappa shape index (κ2) is 6.48. The number of nitrogens with zero attached hydrogens (tertiary/aromatic N) is 2. The van der Waals surface area contributed by atoms with Gasteiger partial charge in [0.2, 0.25) is 11.5 Å². The highest BCUT2D eigenvalue weighted by atomic mass is 19.4. The van der Waals surface area contributed by atoms with Gasteiger partial charge in [-0.3, -0.25) is 4.79 Å². The van der Waals surface area contributed by atoms with Crippen LogP contribution in [0.25, 0.3) is 0 Å². The van der Waals surface area contributed by atoms with E-state index in [0.29, 0.717) is 12.8 Å². The summed E-state index contributed by atoms with van der Waals surface area (Å²) >= 11 is 0. The number of rotatable bonds is 5. The topological polar surface area (TPSA) is 87.4 Å². The predicted octanol–water partition coefficient (Wildman–Crippen LogP) is 0.837. The smallest absolute Gasteiger partial charge is 0.393 e. The molecule has 1 heterocycles. The number of hydrogen-bond acceptors (Lipinski definition) is 4. The molecule has 0 aromatic carbocycles. The lowest BCUT2D eigenvalue weighted by Gasteiger charge is -2.29. The van der Waals surface area contributed by atoms with Crippen molar-refractivity contribution in [1.29, 1.82) is 0 Å². The Balaban J connectivity index is 2.06. The maximum atomic E-state index is 13.3. The number of nitrogens with one attached hydrogen (secondary N) is 1. The summed E-state index contributed by atoms with van der Waals surface area (Å²) in [4.78, 5) is 15.4. The van der Waals surface area contributed by atoms with Gasteiger partial charge in [0.05, 0.1) is 12.5 Å². The maximum Gasteiger partial charge on any atom is 0.425 e. The second-order valence-electron chi connectivity index (χ2n) is 5.96. The van der Waals surface area contributed by atoms with Crippen LogP contribution in [0.15, 0.2) is 12.4 Å². The van der Waals surface area contributed by atoms with Gasteiger partial charge in [-0.1, -0.05) is 6.42 Å². The number of aryl methyl sites for hydroxylation is 1. The summed E-state index contributed by atoms with van der Waals surface area (Å²) in [6.07, 6.45) is -2.23. The van der Waals surface area contributed by atoms with Crippen LogP contribution in [-0.4, -0.2) is 44.5 Å². The van der Waals surface area contributed by atoms with Crippen molar-refractivity contribution in [2.45, 2.75) is 43.6 Å². The summed E-state index contributed by atoms with van der Waals surface area (Å²) in [5.41, 5.74) is -3.36. The predicted molar refractivity (Wildman–Crippen MR) is 74.1 cm³/mol. The fourth-order valence-corrected chi connectivity index (χ4v) is 2.87. The molecular formula is C14H20F3N3O3. The molecule has 3 N–H and O–H groups in total. The molecule has 23 heavy (non-hydrogen) atoms. The minimum Gasteiger partial charge on any atom is -0.393 e. The molecule has 1 amide bonds. The number of aliphatic hydroxyl groups is 2. The van der Waals surface area contributed by atoms with Crippen molar-refractivity contribution in [2.75, 3.05) is 6.54 Å². The first-order chi connectivity index (χ1) is 10.6. The number of aliphatic hydroxyl groups excluding tert-OH is 1. The van der Waals surface area contributed by atoms with Crippen molar-refractivity contribution in [2.24, 2.45) is 13.0 Å². The molecule has 6 nitrogen and oxygen atoms in total. The van der Waals surface area contributed by atoms with Crippen LogP contribution in [0.3, 0.4) is 0 Å². The quantitative estimate of drug-likeness (QED) is 0.744. The molecule has 130 valence electrons. The molecule has 0 saturated heterocycles. The van der Waals surface area contributed by atoms with Crippen LogP contribution in [-0.2, 0) is 17.4 Å². The van der Waals surface area contributed by atoms with E-state index in [-0.39, 0.29) is 12.5 Å². The first kappa shape index (κ1) is 17.7. The highest BCUT2D eigenvalue weighted by Gasteiger charge is 2.58. The van der Waals surface area contributed by atoms with E-state index >= 15 is 0 Å². The zero-order chi connectivity index (χ0) is 17.3. The molecule has 3 atom stereocenters. The number of carbonyl (C=O) groups excluding carboxylic acids is 1. The Morgan fingerprint density at radius 3 is 2.65 bits per heavy atom. The third-order valence-corrected chi connectivity index (χ3v) is 4.26. The van der Waals surface area contributed by atoms with Gasteiger partial charge in [0.25, 0.3) is 0 Å². The van der Waals surface area contributed by atoms with Crippen LogP contribution in [0.1, 0.15) is 31.5 Å². The van der Waals surface area contributed by atoms with Crippen molar-refractivity contribution in [3.05, 3.63) is 18.2 Å². The van der Waals surface area contributed by atoms with Crippen molar-refractivity contribution >= 4 is 5.91 Å². The van der Waals surface area contributed by atoms with Crippen molar-refractivity contribution in [3.8, 4) is 0 Å². The number of carbonyl (C=O) groups is 1. The van der Waals surface area contributed by atoms with Gasteiger partial charge in [-0.25, -0.2) is 4.98 Å². The number of aromatic nitrogens is 2. The fraction of sp³-hybridized carbons (Fsp3) is 0.714. The largest absolute Gasteiger partial charge is 0.425 e. The Morgan fingerprint density at radius 2 is 2.17 bits per heavy atom. The third kappa shape index (κ3) is 3.66. The highest BCUT2D eigenvalue weighted by Crippen LogP contribution is 2.40. The number of imidazole rings is 1. The van der Waals surface area contributed by atoms with E-state index in [1.807, 2.05) is 0 Å².